The summed E-state index contributed by atoms with van der Waals surface area (Å²) in [4.78, 5) is 24.7. The summed E-state index contributed by atoms with van der Waals surface area (Å²) in [7, 11) is 0. The van der Waals surface area contributed by atoms with Crippen molar-refractivity contribution < 1.29 is 19.8 Å². The van der Waals surface area contributed by atoms with E-state index in [0.29, 0.717) is 30.5 Å². The predicted molar refractivity (Wildman–Crippen MR) is 68.6 cm³/mol. The maximum Gasteiger partial charge on any atom is 0.210 e. The molecule has 4 rings (SSSR count). The van der Waals surface area contributed by atoms with Crippen molar-refractivity contribution in [2.24, 2.45) is 0 Å². The van der Waals surface area contributed by atoms with Gasteiger partial charge in [0.2, 0.25) is 17.1 Å². The molecule has 0 spiro atoms. The molecule has 1 aromatic carbocycles. The number of hydrogen-bond donors (Lipinski definition) is 3. The van der Waals surface area contributed by atoms with Gasteiger partial charge in [-0.15, -0.1) is 0 Å². The van der Waals surface area contributed by atoms with Crippen molar-refractivity contribution >= 4 is 11.6 Å². The van der Waals surface area contributed by atoms with Gasteiger partial charge in [-0.25, -0.2) is 0 Å². The van der Waals surface area contributed by atoms with E-state index in [-0.39, 0.29) is 16.9 Å². The Morgan fingerprint density at radius 3 is 2.65 bits per heavy atom. The van der Waals surface area contributed by atoms with Gasteiger partial charge in [0.25, 0.3) is 0 Å². The summed E-state index contributed by atoms with van der Waals surface area (Å²) in [5.41, 5.74) is -2.99. The van der Waals surface area contributed by atoms with Crippen LogP contribution in [0.3, 0.4) is 0 Å². The van der Waals surface area contributed by atoms with Gasteiger partial charge in [-0.05, 0) is 12.8 Å². The molecule has 0 amide bonds. The van der Waals surface area contributed by atoms with Gasteiger partial charge in [0.05, 0.1) is 5.57 Å². The van der Waals surface area contributed by atoms with Gasteiger partial charge in [-0.1, -0.05) is 24.3 Å². The Morgan fingerprint density at radius 1 is 1.10 bits per heavy atom. The molecule has 3 N–H and O–H groups in total. The Bertz CT molecular complexity index is 708. The van der Waals surface area contributed by atoms with Crippen molar-refractivity contribution in [2.75, 3.05) is 0 Å². The van der Waals surface area contributed by atoms with Crippen molar-refractivity contribution in [1.29, 1.82) is 0 Å². The second-order valence-electron chi connectivity index (χ2n) is 5.55. The summed E-state index contributed by atoms with van der Waals surface area (Å²) >= 11 is 0. The average molecular weight is 271 g/mol. The van der Waals surface area contributed by atoms with Crippen LogP contribution in [0.15, 0.2) is 35.5 Å². The van der Waals surface area contributed by atoms with Crippen LogP contribution in [0.2, 0.25) is 0 Å². The molecule has 0 unspecified atom stereocenters. The Kier molecular flexibility index (Phi) is 1.99. The molecule has 0 fully saturated rings. The molecule has 20 heavy (non-hydrogen) atoms. The molecule has 1 heterocycles. The van der Waals surface area contributed by atoms with Crippen molar-refractivity contribution in [3.8, 4) is 0 Å². The molecule has 1 aromatic rings. The van der Waals surface area contributed by atoms with Crippen molar-refractivity contribution in [3.05, 3.63) is 46.7 Å². The third kappa shape index (κ3) is 1.04. The number of allylic oxidation sites excluding steroid dienone is 1. The standard InChI is InChI=1S/C15H13NO4/c17-11-7-3-6-10-12(11)14(19)13(18)8-4-1-2-5-9(8)15(14,20)16-10/h1-2,4-5,16,19-20H,3,6-7H2/t14-,15+/m0/s1. The first-order valence-corrected chi connectivity index (χ1v) is 6.64. The third-order valence-electron chi connectivity index (χ3n) is 4.52. The molecule has 0 saturated carbocycles. The molecule has 1 aliphatic heterocycles. The largest absolute Gasteiger partial charge is 0.372 e. The number of rotatable bonds is 0. The summed E-state index contributed by atoms with van der Waals surface area (Å²) in [5, 5.41) is 24.6. The number of benzene rings is 1. The first kappa shape index (κ1) is 11.8. The lowest BCUT2D eigenvalue weighted by Gasteiger charge is -2.32. The van der Waals surface area contributed by atoms with Crippen LogP contribution in [0.5, 0.6) is 0 Å². The summed E-state index contributed by atoms with van der Waals surface area (Å²) in [5.74, 6) is -0.873. The number of fused-ring (bicyclic) bond motifs is 4. The maximum atomic E-state index is 12.6. The van der Waals surface area contributed by atoms with E-state index < -0.39 is 17.1 Å². The minimum absolute atomic E-state index is 0.0486. The van der Waals surface area contributed by atoms with Crippen molar-refractivity contribution in [3.63, 3.8) is 0 Å². The fourth-order valence-electron chi connectivity index (χ4n) is 3.61. The van der Waals surface area contributed by atoms with Crippen LogP contribution in [0.4, 0.5) is 0 Å². The molecule has 0 radical (unpaired) electrons. The van der Waals surface area contributed by atoms with Crippen LogP contribution in [0, 0.1) is 0 Å². The van der Waals surface area contributed by atoms with Crippen molar-refractivity contribution in [2.45, 2.75) is 30.6 Å². The van der Waals surface area contributed by atoms with Crippen LogP contribution in [-0.2, 0) is 10.5 Å². The number of nitrogens with one attached hydrogen (secondary N) is 1. The molecule has 2 aliphatic carbocycles. The van der Waals surface area contributed by atoms with Crippen LogP contribution in [0.25, 0.3) is 0 Å². The fraction of sp³-hybridized carbons (Fsp3) is 0.333. The van der Waals surface area contributed by atoms with Gasteiger partial charge in [-0.3, -0.25) is 9.59 Å². The lowest BCUT2D eigenvalue weighted by Crippen LogP contribution is -2.56. The van der Waals surface area contributed by atoms with Gasteiger partial charge in [0, 0.05) is 23.2 Å². The third-order valence-corrected chi connectivity index (χ3v) is 4.52. The van der Waals surface area contributed by atoms with E-state index in [0.717, 1.165) is 0 Å². The summed E-state index contributed by atoms with van der Waals surface area (Å²) in [6.45, 7) is 0. The number of hydrogen-bond acceptors (Lipinski definition) is 5. The van der Waals surface area contributed by atoms with Gasteiger partial charge in [0.1, 0.15) is 0 Å². The minimum atomic E-state index is -2.19. The van der Waals surface area contributed by atoms with Crippen LogP contribution in [-0.4, -0.2) is 27.4 Å². The van der Waals surface area contributed by atoms with Gasteiger partial charge in [0.15, 0.2) is 5.78 Å². The van der Waals surface area contributed by atoms with E-state index in [4.69, 9.17) is 0 Å². The van der Waals surface area contributed by atoms with E-state index >= 15 is 0 Å². The minimum Gasteiger partial charge on any atom is -0.372 e. The molecule has 0 bridgehead atoms. The van der Waals surface area contributed by atoms with E-state index in [1.165, 1.54) is 0 Å². The summed E-state index contributed by atoms with van der Waals surface area (Å²) in [6.07, 6.45) is 1.51. The Morgan fingerprint density at radius 2 is 1.85 bits per heavy atom. The molecule has 5 heteroatoms. The number of Topliss-reactive ketones (excluding diaryl/α,β-unsaturated/α-hetero) is 2. The molecular weight excluding hydrogens is 258 g/mol. The quantitative estimate of drug-likeness (QED) is 0.634. The van der Waals surface area contributed by atoms with Gasteiger partial charge < -0.3 is 15.5 Å². The van der Waals surface area contributed by atoms with E-state index in [9.17, 15) is 19.8 Å². The lowest BCUT2D eigenvalue weighted by atomic mass is 9.80. The maximum absolute atomic E-state index is 12.6. The van der Waals surface area contributed by atoms with Gasteiger partial charge in [-0.2, -0.15) is 0 Å². The summed E-state index contributed by atoms with van der Waals surface area (Å²) < 4.78 is 0. The predicted octanol–water partition coefficient (Wildman–Crippen LogP) is 0.369. The highest BCUT2D eigenvalue weighted by Gasteiger charge is 2.70. The highest BCUT2D eigenvalue weighted by atomic mass is 16.4. The van der Waals surface area contributed by atoms with Crippen LogP contribution in [0.1, 0.15) is 35.2 Å². The Hall–Kier alpha value is -1.98. The molecule has 2 atom stereocenters. The van der Waals surface area contributed by atoms with E-state index in [2.05, 4.69) is 5.32 Å². The monoisotopic (exact) mass is 271 g/mol. The smallest absolute Gasteiger partial charge is 0.210 e. The van der Waals surface area contributed by atoms with Crippen LogP contribution >= 0.6 is 0 Å². The first-order chi connectivity index (χ1) is 9.50. The molecule has 0 saturated heterocycles. The Labute approximate surface area is 114 Å². The molecular formula is C15H13NO4. The zero-order valence-electron chi connectivity index (χ0n) is 10.6. The normalized spacial score (nSPS) is 34.7. The number of carbonyl (C=O) groups is 2. The Balaban J connectivity index is 2.01. The SMILES string of the molecule is O=C1CCCC2=C1[C@]1(O)C(=O)c3ccccc3[C@]1(O)N2. The molecule has 5 nitrogen and oxygen atoms in total. The summed E-state index contributed by atoms with van der Waals surface area (Å²) in [6, 6.07) is 6.52. The zero-order valence-corrected chi connectivity index (χ0v) is 10.6. The van der Waals surface area contributed by atoms with Crippen molar-refractivity contribution in [1.82, 2.24) is 5.32 Å². The van der Waals surface area contributed by atoms with E-state index in [1.54, 1.807) is 24.3 Å². The fourth-order valence-corrected chi connectivity index (χ4v) is 3.61. The van der Waals surface area contributed by atoms with E-state index in [1.807, 2.05) is 0 Å². The second kappa shape index (κ2) is 3.37. The highest BCUT2D eigenvalue weighted by Crippen LogP contribution is 2.53. The molecule has 3 aliphatic rings. The lowest BCUT2D eigenvalue weighted by molar-refractivity contribution is -0.126. The van der Waals surface area contributed by atoms with Gasteiger partial charge >= 0.3 is 0 Å². The number of carbonyl (C=O) groups excluding carboxylic acids is 2. The average Bonchev–Trinajstić information content (AvgIpc) is 2.77. The first-order valence-electron chi connectivity index (χ1n) is 6.64. The topological polar surface area (TPSA) is 86.6 Å². The highest BCUT2D eigenvalue weighted by molar-refractivity contribution is 6.17. The number of ketones is 2. The molecule has 0 aromatic heterocycles. The van der Waals surface area contributed by atoms with Crippen LogP contribution < -0.4 is 5.32 Å². The number of aliphatic hydroxyl groups is 2. The zero-order chi connectivity index (χ0) is 14.1. The molecule has 102 valence electrons. The second-order valence-corrected chi connectivity index (χ2v) is 5.55.